The predicted molar refractivity (Wildman–Crippen MR) is 109 cm³/mol. The van der Waals surface area contributed by atoms with Crippen molar-refractivity contribution in [1.82, 2.24) is 14.9 Å². The lowest BCUT2D eigenvalue weighted by atomic mass is 10.1. The van der Waals surface area contributed by atoms with E-state index in [2.05, 4.69) is 28.2 Å². The van der Waals surface area contributed by atoms with Gasteiger partial charge in [0.05, 0.1) is 5.75 Å². The molecule has 0 aliphatic carbocycles. The number of aromatic nitrogens is 2. The molecule has 0 atom stereocenters. The summed E-state index contributed by atoms with van der Waals surface area (Å²) in [7, 11) is 0. The van der Waals surface area contributed by atoms with E-state index in [-0.39, 0.29) is 5.91 Å². The average Bonchev–Trinajstić information content (AvgIpc) is 3.11. The molecule has 0 bridgehead atoms. The molecule has 6 heteroatoms. The van der Waals surface area contributed by atoms with Gasteiger partial charge >= 0.3 is 0 Å². The Balaban J connectivity index is 1.58. The fraction of sp³-hybridized carbons (Fsp3) is 0.350. The number of carbonyl (C=O) groups excluding carboxylic acids is 1. The van der Waals surface area contributed by atoms with Crippen molar-refractivity contribution in [2.45, 2.75) is 31.2 Å². The molecule has 1 saturated heterocycles. The maximum Gasteiger partial charge on any atom is 0.232 e. The lowest BCUT2D eigenvalue weighted by Crippen LogP contribution is -2.36. The Morgan fingerprint density at radius 1 is 1.15 bits per heavy atom. The fourth-order valence-corrected chi connectivity index (χ4v) is 5.31. The van der Waals surface area contributed by atoms with Gasteiger partial charge in [0.2, 0.25) is 5.91 Å². The van der Waals surface area contributed by atoms with E-state index < -0.39 is 0 Å². The van der Waals surface area contributed by atoms with Gasteiger partial charge in [-0.15, -0.1) is 11.3 Å². The number of aryl methyl sites for hydroxylation is 1. The summed E-state index contributed by atoms with van der Waals surface area (Å²) in [5.74, 6) is 1.42. The zero-order valence-electron chi connectivity index (χ0n) is 14.8. The third kappa shape index (κ3) is 3.76. The summed E-state index contributed by atoms with van der Waals surface area (Å²) in [6.45, 7) is 3.71. The molecule has 1 fully saturated rings. The highest BCUT2D eigenvalue weighted by molar-refractivity contribution is 8.00. The Bertz CT molecular complexity index is 917. The van der Waals surface area contributed by atoms with Gasteiger partial charge in [0.25, 0.3) is 0 Å². The summed E-state index contributed by atoms with van der Waals surface area (Å²) >= 11 is 3.22. The summed E-state index contributed by atoms with van der Waals surface area (Å²) in [5.41, 5.74) is 1.19. The molecule has 0 saturated carbocycles. The molecule has 4 rings (SSSR count). The van der Waals surface area contributed by atoms with Gasteiger partial charge in [-0.05, 0) is 37.8 Å². The lowest BCUT2D eigenvalue weighted by Gasteiger charge is -2.26. The van der Waals surface area contributed by atoms with Crippen molar-refractivity contribution in [3.05, 3.63) is 42.2 Å². The molecule has 134 valence electrons. The molecule has 1 aromatic carbocycles. The Labute approximate surface area is 161 Å². The molecule has 26 heavy (non-hydrogen) atoms. The van der Waals surface area contributed by atoms with E-state index in [0.717, 1.165) is 47.0 Å². The van der Waals surface area contributed by atoms with E-state index in [0.29, 0.717) is 5.75 Å². The first kappa shape index (κ1) is 17.5. The quantitative estimate of drug-likeness (QED) is 0.481. The first-order valence-corrected chi connectivity index (χ1v) is 10.7. The lowest BCUT2D eigenvalue weighted by molar-refractivity contribution is -0.129. The third-order valence-corrected chi connectivity index (χ3v) is 6.62. The number of fused-ring (bicyclic) bond motifs is 1. The van der Waals surface area contributed by atoms with Gasteiger partial charge in [0.1, 0.15) is 15.7 Å². The number of carbonyl (C=O) groups is 1. The largest absolute Gasteiger partial charge is 0.342 e. The molecular weight excluding hydrogens is 362 g/mol. The minimum absolute atomic E-state index is 0.220. The van der Waals surface area contributed by atoms with E-state index in [9.17, 15) is 4.79 Å². The number of likely N-dealkylation sites (tertiary alicyclic amines) is 1. The molecule has 1 aliphatic heterocycles. The third-order valence-electron chi connectivity index (χ3n) is 4.57. The average molecular weight is 384 g/mol. The first-order valence-electron chi connectivity index (χ1n) is 8.95. The van der Waals surface area contributed by atoms with Crippen molar-refractivity contribution in [2.24, 2.45) is 0 Å². The van der Waals surface area contributed by atoms with E-state index in [1.165, 1.54) is 28.6 Å². The normalized spacial score (nSPS) is 14.7. The first-order chi connectivity index (χ1) is 12.7. The van der Waals surface area contributed by atoms with E-state index >= 15 is 0 Å². The number of hydrogen-bond donors (Lipinski definition) is 0. The molecule has 3 heterocycles. The second kappa shape index (κ2) is 7.76. The van der Waals surface area contributed by atoms with E-state index in [1.54, 1.807) is 11.3 Å². The molecule has 0 spiro atoms. The molecule has 1 amide bonds. The van der Waals surface area contributed by atoms with Crippen molar-refractivity contribution < 1.29 is 4.79 Å². The second-order valence-electron chi connectivity index (χ2n) is 6.50. The van der Waals surface area contributed by atoms with Crippen LogP contribution < -0.4 is 0 Å². The van der Waals surface area contributed by atoms with Gasteiger partial charge in [0.15, 0.2) is 0 Å². The molecule has 1 aliphatic rings. The van der Waals surface area contributed by atoms with Crippen LogP contribution in [0.3, 0.4) is 0 Å². The number of rotatable bonds is 4. The van der Waals surface area contributed by atoms with Crippen molar-refractivity contribution >= 4 is 39.2 Å². The van der Waals surface area contributed by atoms with Crippen LogP contribution in [0.5, 0.6) is 0 Å². The highest BCUT2D eigenvalue weighted by Crippen LogP contribution is 2.36. The molecular formula is C20H21N3OS2. The van der Waals surface area contributed by atoms with Gasteiger partial charge in [-0.3, -0.25) is 4.79 Å². The van der Waals surface area contributed by atoms with Gasteiger partial charge in [-0.25, -0.2) is 9.97 Å². The number of piperidine rings is 1. The van der Waals surface area contributed by atoms with Gasteiger partial charge in [-0.1, -0.05) is 42.1 Å². The molecule has 0 radical (unpaired) electrons. The molecule has 3 aromatic rings. The van der Waals surface area contributed by atoms with Gasteiger partial charge < -0.3 is 4.90 Å². The maximum atomic E-state index is 12.5. The molecule has 0 N–H and O–H groups in total. The monoisotopic (exact) mass is 383 g/mol. The number of thiophene rings is 1. The number of hydrogen-bond acceptors (Lipinski definition) is 5. The van der Waals surface area contributed by atoms with Crippen LogP contribution >= 0.6 is 23.1 Å². The van der Waals surface area contributed by atoms with E-state index in [4.69, 9.17) is 0 Å². The minimum Gasteiger partial charge on any atom is -0.342 e. The number of thioether (sulfide) groups is 1. The maximum absolute atomic E-state index is 12.5. The summed E-state index contributed by atoms with van der Waals surface area (Å²) in [4.78, 5) is 25.9. The highest BCUT2D eigenvalue weighted by atomic mass is 32.2. The minimum atomic E-state index is 0.220. The second-order valence-corrected chi connectivity index (χ2v) is 8.50. The highest BCUT2D eigenvalue weighted by Gasteiger charge is 2.18. The molecule has 4 nitrogen and oxygen atoms in total. The Morgan fingerprint density at radius 3 is 2.69 bits per heavy atom. The van der Waals surface area contributed by atoms with Gasteiger partial charge in [-0.2, -0.15) is 0 Å². The van der Waals surface area contributed by atoms with Crippen LogP contribution in [-0.4, -0.2) is 39.6 Å². The van der Waals surface area contributed by atoms with Crippen molar-refractivity contribution in [2.75, 3.05) is 18.8 Å². The SMILES string of the molecule is Cc1nc(SCC(=O)N2CCCCC2)c2cc(-c3ccccc3)sc2n1. The van der Waals surface area contributed by atoms with Crippen LogP contribution in [0.25, 0.3) is 20.7 Å². The number of amides is 1. The van der Waals surface area contributed by atoms with Crippen LogP contribution in [0.4, 0.5) is 0 Å². The number of benzene rings is 1. The van der Waals surface area contributed by atoms with Crippen molar-refractivity contribution in [1.29, 1.82) is 0 Å². The zero-order chi connectivity index (χ0) is 17.9. The summed E-state index contributed by atoms with van der Waals surface area (Å²) in [6.07, 6.45) is 3.48. The van der Waals surface area contributed by atoms with Crippen LogP contribution in [0.1, 0.15) is 25.1 Å². The Hall–Kier alpha value is -1.92. The Kier molecular flexibility index (Phi) is 5.22. The molecule has 2 aromatic heterocycles. The van der Waals surface area contributed by atoms with Crippen LogP contribution in [0.15, 0.2) is 41.4 Å². The topological polar surface area (TPSA) is 46.1 Å². The standard InChI is InChI=1S/C20H21N3OS2/c1-14-21-19(25-13-18(24)23-10-6-3-7-11-23)16-12-17(26-20(16)22-14)15-8-4-2-5-9-15/h2,4-5,8-9,12H,3,6-7,10-11,13H2,1H3. The Morgan fingerprint density at radius 2 is 1.92 bits per heavy atom. The van der Waals surface area contributed by atoms with Crippen molar-refractivity contribution in [3.8, 4) is 10.4 Å². The van der Waals surface area contributed by atoms with Crippen molar-refractivity contribution in [3.63, 3.8) is 0 Å². The van der Waals surface area contributed by atoms with Gasteiger partial charge in [0, 0.05) is 23.4 Å². The smallest absolute Gasteiger partial charge is 0.232 e. The fourth-order valence-electron chi connectivity index (χ4n) is 3.22. The van der Waals surface area contributed by atoms with Crippen LogP contribution in [0.2, 0.25) is 0 Å². The molecule has 0 unspecified atom stereocenters. The number of nitrogens with zero attached hydrogens (tertiary/aromatic N) is 3. The zero-order valence-corrected chi connectivity index (χ0v) is 16.4. The van der Waals surface area contributed by atoms with Crippen LogP contribution in [0, 0.1) is 6.92 Å². The summed E-state index contributed by atoms with van der Waals surface area (Å²) in [6, 6.07) is 12.5. The van der Waals surface area contributed by atoms with E-state index in [1.807, 2.05) is 30.0 Å². The van der Waals surface area contributed by atoms with Crippen LogP contribution in [-0.2, 0) is 4.79 Å². The predicted octanol–water partition coefficient (Wildman–Crippen LogP) is 4.77. The summed E-state index contributed by atoms with van der Waals surface area (Å²) < 4.78 is 0. The summed E-state index contributed by atoms with van der Waals surface area (Å²) in [5, 5.41) is 1.96.